The first kappa shape index (κ1) is 17.6. The van der Waals surface area contributed by atoms with E-state index in [0.717, 1.165) is 29.0 Å². The van der Waals surface area contributed by atoms with E-state index in [1.54, 1.807) is 0 Å². The summed E-state index contributed by atoms with van der Waals surface area (Å²) in [6.07, 6.45) is 2.96. The molecule has 0 radical (unpaired) electrons. The molecule has 0 aliphatic heterocycles. The summed E-state index contributed by atoms with van der Waals surface area (Å²) in [5.74, 6) is -2.17. The first-order valence-electron chi connectivity index (χ1n) is 8.54. The molecule has 6 heteroatoms. The van der Waals surface area contributed by atoms with Gasteiger partial charge in [-0.05, 0) is 26.7 Å². The van der Waals surface area contributed by atoms with Gasteiger partial charge >= 0.3 is 5.97 Å². The smallest absolute Gasteiger partial charge is 0.307 e. The lowest BCUT2D eigenvalue weighted by Crippen LogP contribution is -2.36. The van der Waals surface area contributed by atoms with Crippen LogP contribution in [0.5, 0.6) is 0 Å². The number of aromatic nitrogens is 1. The number of anilines is 1. The fraction of sp³-hybridized carbons (Fsp3) is 0.421. The summed E-state index contributed by atoms with van der Waals surface area (Å²) in [6, 6.07) is 8.10. The molecule has 0 unspecified atom stereocenters. The molecule has 1 aliphatic rings. The number of carbonyl (C=O) groups is 2. The Hall–Kier alpha value is -2.21. The Morgan fingerprint density at radius 2 is 1.76 bits per heavy atom. The first-order valence-corrected chi connectivity index (χ1v) is 9.35. The Balaban J connectivity index is 1.77. The quantitative estimate of drug-likeness (QED) is 0.856. The van der Waals surface area contributed by atoms with E-state index in [2.05, 4.69) is 10.3 Å². The average molecular weight is 358 g/mol. The topological polar surface area (TPSA) is 79.3 Å². The average Bonchev–Trinajstić information content (AvgIpc) is 2.95. The van der Waals surface area contributed by atoms with Crippen LogP contribution in [0.25, 0.3) is 11.3 Å². The second-order valence-corrected chi connectivity index (χ2v) is 7.82. The molecule has 1 aromatic carbocycles. The van der Waals surface area contributed by atoms with Crippen molar-refractivity contribution in [2.75, 3.05) is 5.32 Å². The third kappa shape index (κ3) is 3.90. The SMILES string of the molecule is Cc1ccc(-c2nc(NC(=O)[C@H]3CCCC[C@H]3C(=O)O)sc2C)cc1. The van der Waals surface area contributed by atoms with Gasteiger partial charge < -0.3 is 10.4 Å². The molecule has 1 aromatic heterocycles. The molecular formula is C19H22N2O3S. The van der Waals surface area contributed by atoms with E-state index < -0.39 is 17.8 Å². The monoisotopic (exact) mass is 358 g/mol. The highest BCUT2D eigenvalue weighted by Crippen LogP contribution is 2.34. The zero-order chi connectivity index (χ0) is 18.0. The number of aryl methyl sites for hydroxylation is 2. The predicted molar refractivity (Wildman–Crippen MR) is 98.7 cm³/mol. The van der Waals surface area contributed by atoms with Crippen molar-refractivity contribution >= 4 is 28.3 Å². The Bertz CT molecular complexity index is 782. The summed E-state index contributed by atoms with van der Waals surface area (Å²) < 4.78 is 0. The van der Waals surface area contributed by atoms with E-state index in [-0.39, 0.29) is 5.91 Å². The number of nitrogens with zero attached hydrogens (tertiary/aromatic N) is 1. The zero-order valence-electron chi connectivity index (χ0n) is 14.4. The van der Waals surface area contributed by atoms with Crippen LogP contribution in [0.1, 0.15) is 36.1 Å². The van der Waals surface area contributed by atoms with E-state index in [1.807, 2.05) is 38.1 Å². The number of rotatable bonds is 4. The lowest BCUT2D eigenvalue weighted by atomic mass is 9.79. The van der Waals surface area contributed by atoms with Gasteiger partial charge in [-0.25, -0.2) is 4.98 Å². The number of aliphatic carboxylic acids is 1. The number of benzene rings is 1. The highest BCUT2D eigenvalue weighted by atomic mass is 32.1. The Morgan fingerprint density at radius 3 is 2.40 bits per heavy atom. The highest BCUT2D eigenvalue weighted by Gasteiger charge is 2.36. The van der Waals surface area contributed by atoms with Gasteiger partial charge in [-0.2, -0.15) is 0 Å². The molecule has 2 N–H and O–H groups in total. The lowest BCUT2D eigenvalue weighted by Gasteiger charge is -2.26. The number of carboxylic acid groups (broad SMARTS) is 1. The maximum absolute atomic E-state index is 12.6. The minimum Gasteiger partial charge on any atom is -0.481 e. The maximum atomic E-state index is 12.6. The molecule has 1 saturated carbocycles. The van der Waals surface area contributed by atoms with Crippen LogP contribution < -0.4 is 5.32 Å². The van der Waals surface area contributed by atoms with E-state index in [4.69, 9.17) is 0 Å². The minimum atomic E-state index is -0.879. The van der Waals surface area contributed by atoms with Gasteiger partial charge in [-0.15, -0.1) is 11.3 Å². The van der Waals surface area contributed by atoms with Crippen molar-refractivity contribution in [2.24, 2.45) is 11.8 Å². The van der Waals surface area contributed by atoms with Crippen LogP contribution in [0.2, 0.25) is 0 Å². The molecule has 5 nitrogen and oxygen atoms in total. The summed E-state index contributed by atoms with van der Waals surface area (Å²) in [4.78, 5) is 29.6. The van der Waals surface area contributed by atoms with Crippen LogP contribution >= 0.6 is 11.3 Å². The molecule has 25 heavy (non-hydrogen) atoms. The number of carboxylic acids is 1. The molecule has 2 aromatic rings. The molecule has 1 fully saturated rings. The van der Waals surface area contributed by atoms with Gasteiger partial charge in [0, 0.05) is 10.4 Å². The van der Waals surface area contributed by atoms with Crippen LogP contribution in [0.4, 0.5) is 5.13 Å². The van der Waals surface area contributed by atoms with Crippen molar-refractivity contribution in [1.82, 2.24) is 4.98 Å². The molecule has 1 amide bonds. The van der Waals surface area contributed by atoms with Crippen LogP contribution in [0, 0.1) is 25.7 Å². The zero-order valence-corrected chi connectivity index (χ0v) is 15.2. The molecule has 0 bridgehead atoms. The van der Waals surface area contributed by atoms with Crippen molar-refractivity contribution < 1.29 is 14.7 Å². The summed E-state index contributed by atoms with van der Waals surface area (Å²) in [7, 11) is 0. The number of thiazole rings is 1. The van der Waals surface area contributed by atoms with Gasteiger partial charge in [0.15, 0.2) is 5.13 Å². The lowest BCUT2D eigenvalue weighted by molar-refractivity contribution is -0.147. The molecule has 3 rings (SSSR count). The van der Waals surface area contributed by atoms with Crippen LogP contribution in [0.15, 0.2) is 24.3 Å². The Labute approximate surface area is 151 Å². The second-order valence-electron chi connectivity index (χ2n) is 6.61. The highest BCUT2D eigenvalue weighted by molar-refractivity contribution is 7.16. The van der Waals surface area contributed by atoms with E-state index in [1.165, 1.54) is 16.9 Å². The van der Waals surface area contributed by atoms with Gasteiger partial charge in [0.2, 0.25) is 5.91 Å². The minimum absolute atomic E-state index is 0.226. The molecule has 2 atom stereocenters. The number of nitrogens with one attached hydrogen (secondary N) is 1. The fourth-order valence-electron chi connectivity index (χ4n) is 3.37. The fourth-order valence-corrected chi connectivity index (χ4v) is 4.21. The number of hydrogen-bond acceptors (Lipinski definition) is 4. The van der Waals surface area contributed by atoms with Crippen molar-refractivity contribution in [3.63, 3.8) is 0 Å². The number of amides is 1. The third-order valence-electron chi connectivity index (χ3n) is 4.77. The van der Waals surface area contributed by atoms with Crippen molar-refractivity contribution in [3.05, 3.63) is 34.7 Å². The Kier molecular flexibility index (Phi) is 5.18. The number of hydrogen-bond donors (Lipinski definition) is 2. The maximum Gasteiger partial charge on any atom is 0.307 e. The predicted octanol–water partition coefficient (Wildman–Crippen LogP) is 4.26. The summed E-state index contributed by atoms with van der Waals surface area (Å²) in [6.45, 7) is 4.01. The van der Waals surface area contributed by atoms with Crippen LogP contribution in [-0.2, 0) is 9.59 Å². The van der Waals surface area contributed by atoms with Crippen molar-refractivity contribution in [2.45, 2.75) is 39.5 Å². The first-order chi connectivity index (χ1) is 12.0. The second kappa shape index (κ2) is 7.35. The molecule has 0 spiro atoms. The van der Waals surface area contributed by atoms with Gasteiger partial charge in [0.25, 0.3) is 0 Å². The molecule has 0 saturated heterocycles. The normalized spacial score (nSPS) is 20.2. The van der Waals surface area contributed by atoms with Gasteiger partial charge in [-0.1, -0.05) is 42.7 Å². The van der Waals surface area contributed by atoms with Crippen LogP contribution in [0.3, 0.4) is 0 Å². The van der Waals surface area contributed by atoms with Gasteiger partial charge in [-0.3, -0.25) is 9.59 Å². The largest absolute Gasteiger partial charge is 0.481 e. The molecule has 132 valence electrons. The van der Waals surface area contributed by atoms with Gasteiger partial charge in [0.1, 0.15) is 0 Å². The summed E-state index contributed by atoms with van der Waals surface area (Å²) in [5.41, 5.74) is 3.06. The van der Waals surface area contributed by atoms with E-state index in [9.17, 15) is 14.7 Å². The van der Waals surface area contributed by atoms with Crippen LogP contribution in [-0.4, -0.2) is 22.0 Å². The standard InChI is InChI=1S/C19H22N2O3S/c1-11-7-9-13(10-8-11)16-12(2)25-19(20-16)21-17(22)14-5-3-4-6-15(14)18(23)24/h7-10,14-15H,3-6H2,1-2H3,(H,23,24)(H,20,21,22)/t14-,15+/m0/s1. The Morgan fingerprint density at radius 1 is 1.12 bits per heavy atom. The summed E-state index contributed by atoms with van der Waals surface area (Å²) in [5, 5.41) is 12.7. The third-order valence-corrected chi connectivity index (χ3v) is 5.66. The molecular weight excluding hydrogens is 336 g/mol. The van der Waals surface area contributed by atoms with Crippen molar-refractivity contribution in [1.29, 1.82) is 0 Å². The molecule has 1 aliphatic carbocycles. The molecule has 1 heterocycles. The van der Waals surface area contributed by atoms with Gasteiger partial charge in [0.05, 0.1) is 17.5 Å². The van der Waals surface area contributed by atoms with E-state index >= 15 is 0 Å². The summed E-state index contributed by atoms with van der Waals surface area (Å²) >= 11 is 1.42. The number of carbonyl (C=O) groups excluding carboxylic acids is 1. The van der Waals surface area contributed by atoms with Crippen molar-refractivity contribution in [3.8, 4) is 11.3 Å². The van der Waals surface area contributed by atoms with E-state index in [0.29, 0.717) is 18.0 Å².